The molecule has 10 atom stereocenters. The number of ether oxygens (including phenoxy) is 1. The lowest BCUT2D eigenvalue weighted by molar-refractivity contribution is -0.141. The molecule has 2 aromatic heterocycles. The van der Waals surface area contributed by atoms with E-state index in [0.717, 1.165) is 6.33 Å². The minimum Gasteiger partial charge on any atom is -0.394 e. The maximum absolute atomic E-state index is 11.8. The second-order valence-electron chi connectivity index (χ2n) is 9.07. The largest absolute Gasteiger partial charge is 0.490 e. The SMILES string of the molecule is Nc1ncnc2c1ncn2[C@@H]1O[C@H](COP(=O)(O)OP(=O)(O)OP(=O)(O)O)[C@@H](O)[C@H]1O.O=C([C@H](O)[C@@H](O)[C@H](O)[C@H](O)CO)P(=O)(O)O. The summed E-state index contributed by atoms with van der Waals surface area (Å²) >= 11 is 0. The van der Waals surface area contributed by atoms with Gasteiger partial charge in [-0.2, -0.15) is 8.62 Å². The normalized spacial score (nSPS) is 25.6. The van der Waals surface area contributed by atoms with Gasteiger partial charge in [-0.1, -0.05) is 0 Å². The second kappa shape index (κ2) is 15.9. The van der Waals surface area contributed by atoms with E-state index in [1.54, 1.807) is 0 Å². The van der Waals surface area contributed by atoms with Crippen LogP contribution < -0.4 is 5.73 Å². The number of carbonyl (C=O) groups is 1. The molecule has 1 fully saturated rings. The number of hydrogen-bond acceptors (Lipinski definition) is 20. The number of hydrogen-bond donors (Lipinski definition) is 14. The number of nitrogens with two attached hydrogens (primary N) is 1. The molecule has 47 heavy (non-hydrogen) atoms. The summed E-state index contributed by atoms with van der Waals surface area (Å²) in [5.74, 6) is 0.0426. The van der Waals surface area contributed by atoms with Gasteiger partial charge in [0.25, 0.3) is 5.52 Å². The summed E-state index contributed by atoms with van der Waals surface area (Å²) in [6, 6.07) is 0. The molecule has 1 aliphatic heterocycles. The van der Waals surface area contributed by atoms with Crippen LogP contribution >= 0.6 is 31.1 Å². The highest BCUT2D eigenvalue weighted by atomic mass is 31.3. The smallest absolute Gasteiger partial charge is 0.394 e. The van der Waals surface area contributed by atoms with Crippen molar-refractivity contribution < 1.29 is 106 Å². The lowest BCUT2D eigenvalue weighted by atomic mass is 10.0. The average molecular weight is 767 g/mol. The van der Waals surface area contributed by atoms with E-state index in [9.17, 15) is 38.2 Å². The Hall–Kier alpha value is -1.74. The number of rotatable bonds is 14. The monoisotopic (exact) mass is 767 g/mol. The molecule has 0 bridgehead atoms. The third-order valence-electron chi connectivity index (χ3n) is 5.61. The van der Waals surface area contributed by atoms with Crippen molar-refractivity contribution in [2.45, 2.75) is 49.0 Å². The molecule has 1 saturated heterocycles. The fraction of sp³-hybridized carbons (Fsp3) is 0.625. The lowest BCUT2D eigenvalue weighted by Gasteiger charge is -2.24. The molecular weight excluding hydrogens is 738 g/mol. The Kier molecular flexibility index (Phi) is 14.0. The summed E-state index contributed by atoms with van der Waals surface area (Å²) in [5, 5.41) is 64.8. The molecule has 1 aliphatic rings. The highest BCUT2D eigenvalue weighted by Crippen LogP contribution is 2.66. The van der Waals surface area contributed by atoms with E-state index in [0.29, 0.717) is 0 Å². The number of aliphatic hydroxyl groups is 7. The van der Waals surface area contributed by atoms with Crippen molar-refractivity contribution in [3.05, 3.63) is 12.7 Å². The maximum Gasteiger partial charge on any atom is 0.490 e. The fourth-order valence-corrected chi connectivity index (χ4v) is 6.99. The van der Waals surface area contributed by atoms with E-state index in [1.165, 1.54) is 10.9 Å². The predicted molar refractivity (Wildman–Crippen MR) is 144 cm³/mol. The van der Waals surface area contributed by atoms with Crippen LogP contribution in [0.15, 0.2) is 12.7 Å². The molecule has 3 heterocycles. The minimum atomic E-state index is -5.70. The zero-order valence-electron chi connectivity index (χ0n) is 22.8. The van der Waals surface area contributed by atoms with Crippen LogP contribution in [0.2, 0.25) is 0 Å². The molecule has 2 unspecified atom stereocenters. The Bertz CT molecular complexity index is 1580. The van der Waals surface area contributed by atoms with Gasteiger partial charge in [-0.05, 0) is 0 Å². The van der Waals surface area contributed by atoms with Gasteiger partial charge >= 0.3 is 31.1 Å². The van der Waals surface area contributed by atoms with Crippen molar-refractivity contribution in [2.24, 2.45) is 0 Å². The highest BCUT2D eigenvalue weighted by molar-refractivity contribution is 7.70. The molecule has 270 valence electrons. The number of phosphoric acid groups is 3. The van der Waals surface area contributed by atoms with Crippen LogP contribution in [0.25, 0.3) is 11.2 Å². The van der Waals surface area contributed by atoms with E-state index < -0.39 is 98.8 Å². The van der Waals surface area contributed by atoms with Gasteiger partial charge in [-0.15, -0.1) is 0 Å². The topological polar surface area (TPSA) is 455 Å². The Labute approximate surface area is 260 Å². The first-order valence-corrected chi connectivity index (χ1v) is 18.1. The molecule has 2 aromatic rings. The van der Waals surface area contributed by atoms with Crippen molar-refractivity contribution in [3.8, 4) is 0 Å². The summed E-state index contributed by atoms with van der Waals surface area (Å²) in [7, 11) is -21.9. The summed E-state index contributed by atoms with van der Waals surface area (Å²) in [4.78, 5) is 74.8. The highest BCUT2D eigenvalue weighted by Gasteiger charge is 2.47. The molecule has 27 nitrogen and oxygen atoms in total. The van der Waals surface area contributed by atoms with Crippen LogP contribution in [0.3, 0.4) is 0 Å². The van der Waals surface area contributed by atoms with Crippen LogP contribution in [0.1, 0.15) is 6.23 Å². The molecule has 0 saturated carbocycles. The first-order chi connectivity index (χ1) is 21.3. The van der Waals surface area contributed by atoms with Gasteiger partial charge in [0.1, 0.15) is 48.5 Å². The zero-order chi connectivity index (χ0) is 36.3. The summed E-state index contributed by atoms with van der Waals surface area (Å²) in [6.45, 7) is -1.92. The number of aromatic nitrogens is 4. The van der Waals surface area contributed by atoms with Crippen LogP contribution in [0.5, 0.6) is 0 Å². The number of nitrogen functional groups attached to an aromatic ring is 1. The van der Waals surface area contributed by atoms with Crippen molar-refractivity contribution in [3.63, 3.8) is 0 Å². The van der Waals surface area contributed by atoms with E-state index in [4.69, 9.17) is 60.5 Å². The van der Waals surface area contributed by atoms with Gasteiger partial charge in [0.05, 0.1) is 19.5 Å². The van der Waals surface area contributed by atoms with E-state index in [1.807, 2.05) is 0 Å². The first kappa shape index (κ1) is 41.4. The number of anilines is 1. The number of imidazole rings is 1. The second-order valence-corrected chi connectivity index (χ2v) is 15.0. The Morgan fingerprint density at radius 2 is 1.51 bits per heavy atom. The van der Waals surface area contributed by atoms with Crippen LogP contribution in [-0.4, -0.2) is 146 Å². The molecule has 0 aliphatic carbocycles. The van der Waals surface area contributed by atoms with Gasteiger partial charge in [-0.25, -0.2) is 28.6 Å². The Morgan fingerprint density at radius 1 is 0.915 bits per heavy atom. The van der Waals surface area contributed by atoms with Crippen molar-refractivity contribution in [1.82, 2.24) is 19.5 Å². The molecule has 15 N–H and O–H groups in total. The lowest BCUT2D eigenvalue weighted by Crippen LogP contribution is -2.48. The van der Waals surface area contributed by atoms with Gasteiger partial charge in [0.2, 0.25) is 0 Å². The number of phosphoric ester groups is 1. The first-order valence-electron chi connectivity index (χ1n) is 12.0. The molecular formula is C16H29N5O22P4. The van der Waals surface area contributed by atoms with Crippen molar-refractivity contribution >= 4 is 53.6 Å². The molecule has 31 heteroatoms. The number of nitrogens with zero attached hydrogens (tertiary/aromatic N) is 4. The van der Waals surface area contributed by atoms with E-state index in [-0.39, 0.29) is 17.0 Å². The molecule has 0 amide bonds. The molecule has 3 rings (SSSR count). The predicted octanol–water partition coefficient (Wildman–Crippen LogP) is -5.50. The number of aliphatic hydroxyl groups excluding tert-OH is 7. The van der Waals surface area contributed by atoms with Gasteiger partial charge in [0, 0.05) is 0 Å². The number of carbonyl (C=O) groups excluding carboxylic acids is 1. The number of fused-ring (bicyclic) bond motifs is 1. The quantitative estimate of drug-likeness (QED) is 0.0797. The summed E-state index contributed by atoms with van der Waals surface area (Å²) < 4.78 is 62.3. The van der Waals surface area contributed by atoms with Gasteiger partial charge < -0.3 is 75.6 Å². The van der Waals surface area contributed by atoms with Gasteiger partial charge in [0.15, 0.2) is 23.8 Å². The van der Waals surface area contributed by atoms with Crippen LogP contribution in [0.4, 0.5) is 5.82 Å². The Balaban J connectivity index is 0.000000407. The third-order valence-corrected chi connectivity index (χ3v) is 10.3. The fourth-order valence-electron chi connectivity index (χ4n) is 3.46. The Morgan fingerprint density at radius 3 is 2.04 bits per heavy atom. The van der Waals surface area contributed by atoms with E-state index >= 15 is 0 Å². The third kappa shape index (κ3) is 11.4. The summed E-state index contributed by atoms with van der Waals surface area (Å²) in [5.41, 5.74) is 4.02. The maximum atomic E-state index is 11.8. The molecule has 0 spiro atoms. The standard InChI is InChI=1S/C10H16N5O13P3.C6H13O9P/c11-8-5-9(13-2-12-8)15(3-14-5)10-7(17)6(16)4(26-10)1-25-30(21,22)28-31(23,24)27-29(18,19)20;7-1-2(8)3(9)4(10)5(11)6(12)16(13,14)15/h2-4,6-7,10,16-17H,1H2,(H,21,22)(H,23,24)(H2,11,12,13)(H2,18,19,20);2-5,7-11H,1H2,(H2,13,14,15)/t4-,6-,7-,10-;2-,3-,4+,5-/m11/s1. The zero-order valence-corrected chi connectivity index (χ0v) is 26.4. The van der Waals surface area contributed by atoms with Crippen molar-refractivity contribution in [1.29, 1.82) is 0 Å². The van der Waals surface area contributed by atoms with Crippen LogP contribution in [0, 0.1) is 0 Å². The van der Waals surface area contributed by atoms with E-state index in [2.05, 4.69) is 28.1 Å². The molecule has 0 aromatic carbocycles. The van der Waals surface area contributed by atoms with Crippen LogP contribution in [-0.2, 0) is 40.9 Å². The average Bonchev–Trinajstić information content (AvgIpc) is 3.49. The minimum absolute atomic E-state index is 0.0426. The van der Waals surface area contributed by atoms with Gasteiger partial charge in [-0.3, -0.25) is 18.5 Å². The summed E-state index contributed by atoms with van der Waals surface area (Å²) in [6.07, 6.45) is -12.5. The molecule has 0 radical (unpaired) electrons. The van der Waals surface area contributed by atoms with Crippen molar-refractivity contribution in [2.75, 3.05) is 18.9 Å².